The highest BCUT2D eigenvalue weighted by molar-refractivity contribution is 8.02. The quantitative estimate of drug-likeness (QED) is 0.859. The molecule has 3 nitrogen and oxygen atoms in total. The third kappa shape index (κ3) is 3.81. The van der Waals surface area contributed by atoms with Gasteiger partial charge in [-0.15, -0.1) is 11.3 Å². The molecule has 0 saturated heterocycles. The van der Waals surface area contributed by atoms with Crippen molar-refractivity contribution in [1.29, 1.82) is 0 Å². The number of nitrogens with one attached hydrogen (secondary N) is 1. The van der Waals surface area contributed by atoms with Crippen molar-refractivity contribution in [3.63, 3.8) is 0 Å². The van der Waals surface area contributed by atoms with Gasteiger partial charge in [-0.1, -0.05) is 42.1 Å². The van der Waals surface area contributed by atoms with Crippen molar-refractivity contribution in [3.05, 3.63) is 35.7 Å². The molecule has 0 aliphatic carbocycles. The van der Waals surface area contributed by atoms with E-state index in [-0.39, 0.29) is 11.2 Å². The molecule has 0 fully saturated rings. The van der Waals surface area contributed by atoms with E-state index in [2.05, 4.69) is 10.3 Å². The Kier molecular flexibility index (Phi) is 4.99. The molecule has 2 rings (SSSR count). The van der Waals surface area contributed by atoms with E-state index in [4.69, 9.17) is 0 Å². The Bertz CT molecular complexity index is 539. The largest absolute Gasteiger partial charge is 0.355 e. The van der Waals surface area contributed by atoms with Gasteiger partial charge in [0.25, 0.3) is 0 Å². The topological polar surface area (TPSA) is 42.0 Å². The fraction of sp³-hybridized carbons (Fsp3) is 0.286. The molecule has 1 atom stereocenters. The van der Waals surface area contributed by atoms with Crippen molar-refractivity contribution in [2.75, 3.05) is 6.54 Å². The van der Waals surface area contributed by atoms with Gasteiger partial charge in [-0.25, -0.2) is 4.98 Å². The maximum atomic E-state index is 11.7. The predicted octanol–water partition coefficient (Wildman–Crippen LogP) is 3.43. The second-order valence-electron chi connectivity index (χ2n) is 4.02. The van der Waals surface area contributed by atoms with Gasteiger partial charge in [0.2, 0.25) is 5.91 Å². The summed E-state index contributed by atoms with van der Waals surface area (Å²) in [5.41, 5.74) is 2.08. The number of rotatable bonds is 5. The number of carbonyl (C=O) groups is 1. The van der Waals surface area contributed by atoms with E-state index < -0.39 is 0 Å². The first-order valence-electron chi connectivity index (χ1n) is 6.16. The molecule has 1 amide bonds. The number of benzene rings is 1. The summed E-state index contributed by atoms with van der Waals surface area (Å²) < 4.78 is 0.928. The molecule has 0 bridgehead atoms. The summed E-state index contributed by atoms with van der Waals surface area (Å²) in [6.07, 6.45) is 0. The molecule has 0 unspecified atom stereocenters. The minimum absolute atomic E-state index is 0.0592. The molecule has 1 aromatic carbocycles. The number of aromatic nitrogens is 1. The van der Waals surface area contributed by atoms with Crippen LogP contribution in [0.1, 0.15) is 13.8 Å². The fourth-order valence-electron chi connectivity index (χ4n) is 1.58. The first kappa shape index (κ1) is 14.1. The summed E-state index contributed by atoms with van der Waals surface area (Å²) in [4.78, 5) is 16.2. The minimum atomic E-state index is -0.116. The molecule has 5 heteroatoms. The first-order chi connectivity index (χ1) is 9.20. The van der Waals surface area contributed by atoms with Crippen molar-refractivity contribution in [3.8, 4) is 11.3 Å². The van der Waals surface area contributed by atoms with Gasteiger partial charge in [0.15, 0.2) is 4.34 Å². The Balaban J connectivity index is 2.04. The van der Waals surface area contributed by atoms with Crippen molar-refractivity contribution in [2.45, 2.75) is 23.4 Å². The Morgan fingerprint density at radius 3 is 2.84 bits per heavy atom. The molecule has 0 aliphatic heterocycles. The van der Waals surface area contributed by atoms with Gasteiger partial charge in [-0.2, -0.15) is 0 Å². The van der Waals surface area contributed by atoms with Crippen LogP contribution in [-0.2, 0) is 4.79 Å². The van der Waals surface area contributed by atoms with Gasteiger partial charge in [-0.05, 0) is 13.8 Å². The van der Waals surface area contributed by atoms with Crippen LogP contribution in [0.15, 0.2) is 40.1 Å². The van der Waals surface area contributed by atoms with E-state index in [1.165, 1.54) is 11.8 Å². The fourth-order valence-corrected chi connectivity index (χ4v) is 3.57. The molecule has 1 heterocycles. The number of amides is 1. The van der Waals surface area contributed by atoms with Crippen LogP contribution in [-0.4, -0.2) is 22.7 Å². The third-order valence-electron chi connectivity index (χ3n) is 2.55. The Hall–Kier alpha value is -1.33. The average molecular weight is 292 g/mol. The molecule has 19 heavy (non-hydrogen) atoms. The van der Waals surface area contributed by atoms with Crippen LogP contribution in [0.5, 0.6) is 0 Å². The first-order valence-corrected chi connectivity index (χ1v) is 7.92. The molecule has 1 aromatic heterocycles. The molecular weight excluding hydrogens is 276 g/mol. The molecule has 0 saturated carbocycles. The number of thiazole rings is 1. The van der Waals surface area contributed by atoms with Gasteiger partial charge < -0.3 is 5.32 Å². The second kappa shape index (κ2) is 6.73. The Labute approximate surface area is 121 Å². The van der Waals surface area contributed by atoms with Gasteiger partial charge in [0.1, 0.15) is 0 Å². The summed E-state index contributed by atoms with van der Waals surface area (Å²) in [6, 6.07) is 10.1. The van der Waals surface area contributed by atoms with Gasteiger partial charge in [0, 0.05) is 17.5 Å². The van der Waals surface area contributed by atoms with Crippen LogP contribution in [0.2, 0.25) is 0 Å². The minimum Gasteiger partial charge on any atom is -0.355 e. The summed E-state index contributed by atoms with van der Waals surface area (Å²) >= 11 is 3.08. The molecular formula is C14H16N2OS2. The van der Waals surface area contributed by atoms with Crippen LogP contribution in [0.4, 0.5) is 0 Å². The second-order valence-corrected chi connectivity index (χ2v) is 6.47. The van der Waals surface area contributed by atoms with E-state index in [1.807, 2.05) is 49.6 Å². The third-order valence-corrected chi connectivity index (χ3v) is 4.62. The molecule has 100 valence electrons. The number of hydrogen-bond donors (Lipinski definition) is 1. The lowest BCUT2D eigenvalue weighted by atomic mass is 10.2. The maximum Gasteiger partial charge on any atom is 0.233 e. The molecule has 0 aliphatic rings. The number of nitrogens with zero attached hydrogens (tertiary/aromatic N) is 1. The predicted molar refractivity (Wildman–Crippen MR) is 81.6 cm³/mol. The normalized spacial score (nSPS) is 12.1. The van der Waals surface area contributed by atoms with Gasteiger partial charge >= 0.3 is 0 Å². The number of hydrogen-bond acceptors (Lipinski definition) is 4. The van der Waals surface area contributed by atoms with Crippen LogP contribution < -0.4 is 5.32 Å². The smallest absolute Gasteiger partial charge is 0.233 e. The summed E-state index contributed by atoms with van der Waals surface area (Å²) in [5.74, 6) is 0.0592. The van der Waals surface area contributed by atoms with Crippen molar-refractivity contribution in [1.82, 2.24) is 10.3 Å². The van der Waals surface area contributed by atoms with Crippen LogP contribution >= 0.6 is 23.1 Å². The molecule has 0 spiro atoms. The molecule has 2 aromatic rings. The van der Waals surface area contributed by atoms with Crippen molar-refractivity contribution < 1.29 is 4.79 Å². The Morgan fingerprint density at radius 2 is 2.16 bits per heavy atom. The van der Waals surface area contributed by atoms with E-state index in [9.17, 15) is 4.79 Å². The van der Waals surface area contributed by atoms with E-state index in [0.29, 0.717) is 6.54 Å². The summed E-state index contributed by atoms with van der Waals surface area (Å²) in [6.45, 7) is 4.49. The zero-order valence-corrected chi connectivity index (χ0v) is 12.6. The van der Waals surface area contributed by atoms with E-state index >= 15 is 0 Å². The van der Waals surface area contributed by atoms with Crippen LogP contribution in [0, 0.1) is 0 Å². The van der Waals surface area contributed by atoms with Crippen LogP contribution in [0.3, 0.4) is 0 Å². The molecule has 1 N–H and O–H groups in total. The number of carbonyl (C=O) groups excluding carboxylic acids is 1. The molecule has 0 radical (unpaired) electrons. The number of thioether (sulfide) groups is 1. The lowest BCUT2D eigenvalue weighted by molar-refractivity contribution is -0.120. The monoisotopic (exact) mass is 292 g/mol. The lowest BCUT2D eigenvalue weighted by Gasteiger charge is -2.08. The van der Waals surface area contributed by atoms with E-state index in [0.717, 1.165) is 15.6 Å². The highest BCUT2D eigenvalue weighted by Gasteiger charge is 2.15. The zero-order valence-electron chi connectivity index (χ0n) is 10.9. The van der Waals surface area contributed by atoms with Crippen molar-refractivity contribution in [2.24, 2.45) is 0 Å². The highest BCUT2D eigenvalue weighted by atomic mass is 32.2. The highest BCUT2D eigenvalue weighted by Crippen LogP contribution is 2.30. The average Bonchev–Trinajstić information content (AvgIpc) is 2.88. The zero-order chi connectivity index (χ0) is 13.7. The van der Waals surface area contributed by atoms with Crippen LogP contribution in [0.25, 0.3) is 11.3 Å². The van der Waals surface area contributed by atoms with Gasteiger partial charge in [-0.3, -0.25) is 4.79 Å². The van der Waals surface area contributed by atoms with Crippen molar-refractivity contribution >= 4 is 29.0 Å². The SMILES string of the molecule is CCNC(=O)[C@H](C)Sc1nc(-c2ccccc2)cs1. The summed E-state index contributed by atoms with van der Waals surface area (Å²) in [5, 5.41) is 4.73. The standard InChI is InChI=1S/C14H16N2OS2/c1-3-15-13(17)10(2)19-14-16-12(9-18-14)11-7-5-4-6-8-11/h4-10H,3H2,1-2H3,(H,15,17)/t10-/m0/s1. The lowest BCUT2D eigenvalue weighted by Crippen LogP contribution is -2.30. The Morgan fingerprint density at radius 1 is 1.42 bits per heavy atom. The van der Waals surface area contributed by atoms with E-state index in [1.54, 1.807) is 11.3 Å². The van der Waals surface area contributed by atoms with Gasteiger partial charge in [0.05, 0.1) is 10.9 Å². The maximum absolute atomic E-state index is 11.7. The summed E-state index contributed by atoms with van der Waals surface area (Å²) in [7, 11) is 0.